The smallest absolute Gasteiger partial charge is 0.253 e. The molecule has 2 heterocycles. The van der Waals surface area contributed by atoms with Gasteiger partial charge < -0.3 is 21.3 Å². The van der Waals surface area contributed by atoms with Crippen LogP contribution in [-0.2, 0) is 4.79 Å². The van der Waals surface area contributed by atoms with Crippen molar-refractivity contribution in [3.05, 3.63) is 36.0 Å². The lowest BCUT2D eigenvalue weighted by atomic mass is 10.2. The van der Waals surface area contributed by atoms with Gasteiger partial charge in [-0.15, -0.1) is 11.8 Å². The molecule has 1 aromatic carbocycles. The number of aromatic nitrogens is 1. The molecule has 1 aromatic heterocycles. The first-order valence-corrected chi connectivity index (χ1v) is 10.1. The summed E-state index contributed by atoms with van der Waals surface area (Å²) < 4.78 is 0.990. The van der Waals surface area contributed by atoms with E-state index >= 15 is 0 Å². The quantitative estimate of drug-likeness (QED) is 0.514. The average molecular weight is 392 g/mol. The summed E-state index contributed by atoms with van der Waals surface area (Å²) in [6.07, 6.45) is 2.65. The number of nitrogens with one attached hydrogen (secondary N) is 2. The van der Waals surface area contributed by atoms with Crippen molar-refractivity contribution >= 4 is 45.7 Å². The third-order valence-electron chi connectivity index (χ3n) is 4.07. The Morgan fingerprint density at radius 1 is 1.38 bits per heavy atom. The number of nitrogens with two attached hydrogens (primary N) is 1. The van der Waals surface area contributed by atoms with Crippen molar-refractivity contribution in [3.8, 4) is 0 Å². The van der Waals surface area contributed by atoms with Gasteiger partial charge in [-0.3, -0.25) is 9.59 Å². The van der Waals surface area contributed by atoms with Crippen LogP contribution >= 0.6 is 23.1 Å². The SMILES string of the molecule is CNC(=O)CSc1cnc(N[C@@H]2CCN(C(=O)c3ccc(N)cc3)C2)s1. The molecule has 2 amide bonds. The number of thioether (sulfide) groups is 1. The molecule has 1 atom stereocenters. The second-order valence-corrected chi connectivity index (χ2v) is 8.26. The lowest BCUT2D eigenvalue weighted by Crippen LogP contribution is -2.31. The molecule has 1 aliphatic heterocycles. The van der Waals surface area contributed by atoms with Crippen LogP contribution in [-0.4, -0.2) is 53.6 Å². The highest BCUT2D eigenvalue weighted by Gasteiger charge is 2.27. The summed E-state index contributed by atoms with van der Waals surface area (Å²) in [5, 5.41) is 6.80. The van der Waals surface area contributed by atoms with Gasteiger partial charge in [0.1, 0.15) is 0 Å². The summed E-state index contributed by atoms with van der Waals surface area (Å²) in [7, 11) is 1.63. The summed E-state index contributed by atoms with van der Waals surface area (Å²) in [5.74, 6) is 0.395. The molecule has 0 radical (unpaired) electrons. The van der Waals surface area contributed by atoms with E-state index < -0.39 is 0 Å². The maximum atomic E-state index is 12.5. The Labute approximate surface area is 160 Å². The van der Waals surface area contributed by atoms with Crippen LogP contribution in [0, 0.1) is 0 Å². The summed E-state index contributed by atoms with van der Waals surface area (Å²) in [6, 6.07) is 7.18. The van der Waals surface area contributed by atoms with Crippen LogP contribution in [0.4, 0.5) is 10.8 Å². The molecule has 0 spiro atoms. The van der Waals surface area contributed by atoms with Gasteiger partial charge in [0.05, 0.1) is 16.2 Å². The fourth-order valence-corrected chi connectivity index (χ4v) is 4.47. The number of anilines is 2. The van der Waals surface area contributed by atoms with Crippen molar-refractivity contribution in [1.82, 2.24) is 15.2 Å². The van der Waals surface area contributed by atoms with Crippen LogP contribution < -0.4 is 16.4 Å². The molecule has 4 N–H and O–H groups in total. The molecular formula is C17H21N5O2S2. The van der Waals surface area contributed by atoms with Crippen molar-refractivity contribution < 1.29 is 9.59 Å². The van der Waals surface area contributed by atoms with Crippen LogP contribution in [0.1, 0.15) is 16.8 Å². The molecule has 2 aromatic rings. The van der Waals surface area contributed by atoms with Crippen molar-refractivity contribution in [3.63, 3.8) is 0 Å². The first-order valence-electron chi connectivity index (χ1n) is 8.25. The Bertz CT molecular complexity index is 778. The lowest BCUT2D eigenvalue weighted by molar-refractivity contribution is -0.118. The molecule has 0 unspecified atom stereocenters. The summed E-state index contributed by atoms with van der Waals surface area (Å²) in [6.45, 7) is 1.36. The molecule has 0 aliphatic carbocycles. The fraction of sp³-hybridized carbons (Fsp3) is 0.353. The molecule has 26 heavy (non-hydrogen) atoms. The zero-order valence-electron chi connectivity index (χ0n) is 14.4. The molecule has 138 valence electrons. The second-order valence-electron chi connectivity index (χ2n) is 5.95. The standard InChI is InChI=1S/C17H21N5O2S2/c1-19-14(23)10-25-15-8-20-17(26-15)21-13-6-7-22(9-13)16(24)11-2-4-12(18)5-3-11/h2-5,8,13H,6-7,9-10,18H2,1H3,(H,19,23)(H,20,21)/t13-/m1/s1. The highest BCUT2D eigenvalue weighted by Crippen LogP contribution is 2.29. The van der Waals surface area contributed by atoms with Gasteiger partial charge in [0.15, 0.2) is 5.13 Å². The number of rotatable bonds is 6. The minimum Gasteiger partial charge on any atom is -0.399 e. The van der Waals surface area contributed by atoms with E-state index in [-0.39, 0.29) is 17.9 Å². The molecule has 3 rings (SSSR count). The first-order chi connectivity index (χ1) is 12.5. The molecule has 1 saturated heterocycles. The third-order valence-corrected chi connectivity index (χ3v) is 6.19. The Balaban J connectivity index is 1.51. The largest absolute Gasteiger partial charge is 0.399 e. The lowest BCUT2D eigenvalue weighted by Gasteiger charge is -2.17. The predicted octanol–water partition coefficient (Wildman–Crippen LogP) is 1.89. The summed E-state index contributed by atoms with van der Waals surface area (Å²) >= 11 is 2.99. The summed E-state index contributed by atoms with van der Waals surface area (Å²) in [5.41, 5.74) is 6.98. The zero-order chi connectivity index (χ0) is 18.5. The number of carbonyl (C=O) groups is 2. The zero-order valence-corrected chi connectivity index (χ0v) is 16.0. The maximum absolute atomic E-state index is 12.5. The highest BCUT2D eigenvalue weighted by atomic mass is 32.2. The number of hydrogen-bond acceptors (Lipinski definition) is 7. The normalized spacial score (nSPS) is 16.5. The third kappa shape index (κ3) is 4.67. The number of benzene rings is 1. The van der Waals surface area contributed by atoms with Gasteiger partial charge in [0.2, 0.25) is 5.91 Å². The maximum Gasteiger partial charge on any atom is 0.253 e. The number of nitrogen functional groups attached to an aromatic ring is 1. The molecule has 1 aliphatic rings. The topological polar surface area (TPSA) is 100 Å². The highest BCUT2D eigenvalue weighted by molar-refractivity contribution is 8.01. The van der Waals surface area contributed by atoms with E-state index in [1.165, 1.54) is 23.1 Å². The van der Waals surface area contributed by atoms with Crippen LogP contribution in [0.15, 0.2) is 34.7 Å². The van der Waals surface area contributed by atoms with E-state index in [0.717, 1.165) is 15.8 Å². The predicted molar refractivity (Wildman–Crippen MR) is 106 cm³/mol. The van der Waals surface area contributed by atoms with Gasteiger partial charge in [-0.1, -0.05) is 11.3 Å². The van der Waals surface area contributed by atoms with Crippen molar-refractivity contribution in [2.24, 2.45) is 0 Å². The number of thiazole rings is 1. The van der Waals surface area contributed by atoms with E-state index in [1.807, 2.05) is 4.90 Å². The Morgan fingerprint density at radius 2 is 2.15 bits per heavy atom. The number of amides is 2. The van der Waals surface area contributed by atoms with Crippen molar-refractivity contribution in [2.75, 3.05) is 36.9 Å². The van der Waals surface area contributed by atoms with E-state index in [1.54, 1.807) is 37.5 Å². The number of carbonyl (C=O) groups excluding carboxylic acids is 2. The van der Waals surface area contributed by atoms with Crippen LogP contribution in [0.3, 0.4) is 0 Å². The Morgan fingerprint density at radius 3 is 2.88 bits per heavy atom. The van der Waals surface area contributed by atoms with Gasteiger partial charge >= 0.3 is 0 Å². The van der Waals surface area contributed by atoms with Crippen molar-refractivity contribution in [2.45, 2.75) is 16.7 Å². The van der Waals surface area contributed by atoms with Crippen LogP contribution in [0.5, 0.6) is 0 Å². The minimum atomic E-state index is -0.00877. The number of nitrogens with zero attached hydrogens (tertiary/aromatic N) is 2. The molecule has 0 bridgehead atoms. The van der Waals surface area contributed by atoms with Crippen molar-refractivity contribution in [1.29, 1.82) is 0 Å². The van der Waals surface area contributed by atoms with Gasteiger partial charge in [-0.2, -0.15) is 0 Å². The van der Waals surface area contributed by atoms with Gasteiger partial charge in [0, 0.05) is 37.4 Å². The Kier molecular flexibility index (Phi) is 6.00. The average Bonchev–Trinajstić information content (AvgIpc) is 3.29. The summed E-state index contributed by atoms with van der Waals surface area (Å²) in [4.78, 5) is 30.0. The number of likely N-dealkylation sites (tertiary alicyclic amines) is 1. The van der Waals surface area contributed by atoms with E-state index in [0.29, 0.717) is 30.1 Å². The van der Waals surface area contributed by atoms with E-state index in [9.17, 15) is 9.59 Å². The molecule has 7 nitrogen and oxygen atoms in total. The number of hydrogen-bond donors (Lipinski definition) is 3. The first kappa shape index (κ1) is 18.5. The van der Waals surface area contributed by atoms with Gasteiger partial charge in [0.25, 0.3) is 5.91 Å². The van der Waals surface area contributed by atoms with E-state index in [4.69, 9.17) is 5.73 Å². The van der Waals surface area contributed by atoms with Crippen LogP contribution in [0.2, 0.25) is 0 Å². The Hall–Kier alpha value is -2.26. The van der Waals surface area contributed by atoms with Gasteiger partial charge in [-0.05, 0) is 30.7 Å². The molecular weight excluding hydrogens is 370 g/mol. The monoisotopic (exact) mass is 391 g/mol. The molecule has 0 saturated carbocycles. The second kappa shape index (κ2) is 8.41. The minimum absolute atomic E-state index is 0.00877. The van der Waals surface area contributed by atoms with E-state index in [2.05, 4.69) is 15.6 Å². The van der Waals surface area contributed by atoms with Crippen LogP contribution in [0.25, 0.3) is 0 Å². The molecule has 9 heteroatoms. The fourth-order valence-electron chi connectivity index (χ4n) is 2.65. The van der Waals surface area contributed by atoms with Gasteiger partial charge in [-0.25, -0.2) is 4.98 Å². The molecule has 1 fully saturated rings.